The Kier molecular flexibility index (Phi) is 4.15. The van der Waals surface area contributed by atoms with Crippen LogP contribution in [0.4, 0.5) is 0 Å². The van der Waals surface area contributed by atoms with Gasteiger partial charge in [-0.05, 0) is 38.7 Å². The number of allylic oxidation sites excluding steroid dienone is 2. The Labute approximate surface area is 74.2 Å². The van der Waals surface area contributed by atoms with Crippen molar-refractivity contribution in [2.75, 3.05) is 6.61 Å². The van der Waals surface area contributed by atoms with Crippen molar-refractivity contribution in [1.29, 1.82) is 0 Å². The summed E-state index contributed by atoms with van der Waals surface area (Å²) in [6.07, 6.45) is 7.23. The molecule has 1 atom stereocenters. The third-order valence-corrected chi connectivity index (χ3v) is 2.06. The smallest absolute Gasteiger partial charge is 0.0920 e. The Bertz CT molecular complexity index is 142. The Hall–Kier alpha value is -0.500. The second kappa shape index (κ2) is 5.20. The van der Waals surface area contributed by atoms with Gasteiger partial charge in [-0.1, -0.05) is 0 Å². The molecule has 0 aromatic rings. The van der Waals surface area contributed by atoms with E-state index in [9.17, 15) is 0 Å². The van der Waals surface area contributed by atoms with E-state index in [0.717, 1.165) is 31.6 Å². The molecule has 1 N–H and O–H groups in total. The summed E-state index contributed by atoms with van der Waals surface area (Å²) in [5, 5.41) is 9.01. The number of hydrogen-bond donors (Lipinski definition) is 1. The van der Waals surface area contributed by atoms with Crippen molar-refractivity contribution in [2.24, 2.45) is 0 Å². The SMILES string of the molecule is CC(O)CCC=C1CCCCO1. The molecular weight excluding hydrogens is 152 g/mol. The summed E-state index contributed by atoms with van der Waals surface area (Å²) < 4.78 is 5.44. The third-order valence-electron chi connectivity index (χ3n) is 2.06. The maximum Gasteiger partial charge on any atom is 0.0920 e. The summed E-state index contributed by atoms with van der Waals surface area (Å²) in [5.74, 6) is 1.13. The van der Waals surface area contributed by atoms with E-state index in [0.29, 0.717) is 0 Å². The third kappa shape index (κ3) is 3.77. The molecule has 0 radical (unpaired) electrons. The normalized spacial score (nSPS) is 23.7. The minimum Gasteiger partial charge on any atom is -0.498 e. The second-order valence-electron chi connectivity index (χ2n) is 3.40. The lowest BCUT2D eigenvalue weighted by molar-refractivity contribution is 0.162. The highest BCUT2D eigenvalue weighted by molar-refractivity contribution is 4.94. The fraction of sp³-hybridized carbons (Fsp3) is 0.800. The van der Waals surface area contributed by atoms with Crippen LogP contribution < -0.4 is 0 Å². The minimum absolute atomic E-state index is 0.189. The maximum absolute atomic E-state index is 9.01. The van der Waals surface area contributed by atoms with E-state index >= 15 is 0 Å². The predicted octanol–water partition coefficient (Wildman–Crippen LogP) is 2.23. The van der Waals surface area contributed by atoms with Crippen molar-refractivity contribution in [3.63, 3.8) is 0 Å². The van der Waals surface area contributed by atoms with E-state index < -0.39 is 0 Å². The first-order valence-electron chi connectivity index (χ1n) is 4.79. The van der Waals surface area contributed by atoms with Crippen LogP contribution in [0.2, 0.25) is 0 Å². The van der Waals surface area contributed by atoms with Crippen molar-refractivity contribution in [3.8, 4) is 0 Å². The highest BCUT2D eigenvalue weighted by Crippen LogP contribution is 2.17. The number of aliphatic hydroxyl groups is 1. The second-order valence-corrected chi connectivity index (χ2v) is 3.40. The molecule has 0 aromatic heterocycles. The van der Waals surface area contributed by atoms with Gasteiger partial charge in [-0.3, -0.25) is 0 Å². The molecule has 12 heavy (non-hydrogen) atoms. The van der Waals surface area contributed by atoms with E-state index in [1.807, 2.05) is 6.92 Å². The van der Waals surface area contributed by atoms with Gasteiger partial charge >= 0.3 is 0 Å². The lowest BCUT2D eigenvalue weighted by Crippen LogP contribution is -2.03. The fourth-order valence-electron chi connectivity index (χ4n) is 1.32. The van der Waals surface area contributed by atoms with Crippen molar-refractivity contribution < 1.29 is 9.84 Å². The summed E-state index contributed by atoms with van der Waals surface area (Å²) in [6.45, 7) is 2.70. The average Bonchev–Trinajstić information content (AvgIpc) is 2.05. The molecule has 0 spiro atoms. The zero-order chi connectivity index (χ0) is 8.81. The van der Waals surface area contributed by atoms with Gasteiger partial charge in [-0.15, -0.1) is 0 Å². The van der Waals surface area contributed by atoms with Crippen LogP contribution in [0.5, 0.6) is 0 Å². The molecule has 1 rings (SSSR count). The van der Waals surface area contributed by atoms with Crippen LogP contribution in [-0.4, -0.2) is 17.8 Å². The van der Waals surface area contributed by atoms with E-state index in [1.165, 1.54) is 12.8 Å². The highest BCUT2D eigenvalue weighted by atomic mass is 16.5. The Morgan fingerprint density at radius 3 is 3.00 bits per heavy atom. The summed E-state index contributed by atoms with van der Waals surface area (Å²) in [7, 11) is 0. The predicted molar refractivity (Wildman–Crippen MR) is 48.8 cm³/mol. The molecule has 70 valence electrons. The minimum atomic E-state index is -0.189. The van der Waals surface area contributed by atoms with Gasteiger partial charge in [0.05, 0.1) is 18.5 Å². The summed E-state index contributed by atoms with van der Waals surface area (Å²) in [4.78, 5) is 0. The molecule has 1 fully saturated rings. The number of ether oxygens (including phenoxy) is 1. The number of hydrogen-bond acceptors (Lipinski definition) is 2. The molecule has 1 heterocycles. The van der Waals surface area contributed by atoms with Gasteiger partial charge in [-0.2, -0.15) is 0 Å². The lowest BCUT2D eigenvalue weighted by atomic mass is 10.1. The van der Waals surface area contributed by atoms with E-state index in [2.05, 4.69) is 6.08 Å². The zero-order valence-electron chi connectivity index (χ0n) is 7.75. The first-order chi connectivity index (χ1) is 5.79. The summed E-state index contributed by atoms with van der Waals surface area (Å²) in [6, 6.07) is 0. The Morgan fingerprint density at radius 2 is 2.42 bits per heavy atom. The van der Waals surface area contributed by atoms with Crippen molar-refractivity contribution in [3.05, 3.63) is 11.8 Å². The number of aliphatic hydroxyl groups excluding tert-OH is 1. The van der Waals surface area contributed by atoms with Crippen molar-refractivity contribution in [2.45, 2.75) is 45.1 Å². The van der Waals surface area contributed by atoms with Crippen molar-refractivity contribution >= 4 is 0 Å². The van der Waals surface area contributed by atoms with E-state index in [1.54, 1.807) is 0 Å². The Balaban J connectivity index is 2.16. The topological polar surface area (TPSA) is 29.5 Å². The van der Waals surface area contributed by atoms with Crippen LogP contribution in [0.15, 0.2) is 11.8 Å². The van der Waals surface area contributed by atoms with Crippen molar-refractivity contribution in [1.82, 2.24) is 0 Å². The molecule has 1 unspecified atom stereocenters. The van der Waals surface area contributed by atoms with Gasteiger partial charge in [-0.25, -0.2) is 0 Å². The molecule has 0 aliphatic carbocycles. The van der Waals surface area contributed by atoms with Gasteiger partial charge in [0, 0.05) is 6.42 Å². The van der Waals surface area contributed by atoms with E-state index in [-0.39, 0.29) is 6.10 Å². The molecule has 2 nitrogen and oxygen atoms in total. The molecule has 2 heteroatoms. The molecule has 1 aliphatic heterocycles. The Morgan fingerprint density at radius 1 is 1.58 bits per heavy atom. The zero-order valence-corrected chi connectivity index (χ0v) is 7.75. The van der Waals surface area contributed by atoms with Crippen LogP contribution in [0.3, 0.4) is 0 Å². The first-order valence-corrected chi connectivity index (χ1v) is 4.79. The maximum atomic E-state index is 9.01. The standard InChI is InChI=1S/C10H18O2/c1-9(11)5-4-7-10-6-2-3-8-12-10/h7,9,11H,2-6,8H2,1H3. The summed E-state index contributed by atoms with van der Waals surface area (Å²) in [5.41, 5.74) is 0. The van der Waals surface area contributed by atoms with Crippen LogP contribution >= 0.6 is 0 Å². The summed E-state index contributed by atoms with van der Waals surface area (Å²) >= 11 is 0. The highest BCUT2D eigenvalue weighted by Gasteiger charge is 2.04. The van der Waals surface area contributed by atoms with Gasteiger partial charge in [0.25, 0.3) is 0 Å². The quantitative estimate of drug-likeness (QED) is 0.703. The fourth-order valence-corrected chi connectivity index (χ4v) is 1.32. The first kappa shape index (κ1) is 9.59. The molecule has 1 aliphatic rings. The van der Waals surface area contributed by atoms with Crippen LogP contribution in [-0.2, 0) is 4.74 Å². The van der Waals surface area contributed by atoms with Crippen LogP contribution in [0.25, 0.3) is 0 Å². The molecule has 0 amide bonds. The van der Waals surface area contributed by atoms with Gasteiger partial charge in [0.15, 0.2) is 0 Å². The molecule has 1 saturated heterocycles. The van der Waals surface area contributed by atoms with E-state index in [4.69, 9.17) is 9.84 Å². The van der Waals surface area contributed by atoms with Gasteiger partial charge < -0.3 is 9.84 Å². The molecular formula is C10H18O2. The van der Waals surface area contributed by atoms with Gasteiger partial charge in [0.2, 0.25) is 0 Å². The molecule has 0 bridgehead atoms. The van der Waals surface area contributed by atoms with Crippen LogP contribution in [0, 0.1) is 0 Å². The number of rotatable bonds is 3. The van der Waals surface area contributed by atoms with Gasteiger partial charge in [0.1, 0.15) is 0 Å². The molecule has 0 saturated carbocycles. The molecule has 0 aromatic carbocycles. The average molecular weight is 170 g/mol. The lowest BCUT2D eigenvalue weighted by Gasteiger charge is -2.15. The largest absolute Gasteiger partial charge is 0.498 e. The monoisotopic (exact) mass is 170 g/mol. The van der Waals surface area contributed by atoms with Crippen LogP contribution in [0.1, 0.15) is 39.0 Å².